The van der Waals surface area contributed by atoms with Crippen molar-refractivity contribution >= 4 is 19.5 Å². The molecule has 92 valence electrons. The first-order valence-corrected chi connectivity index (χ1v) is 7.93. The van der Waals surface area contributed by atoms with Gasteiger partial charge < -0.3 is 4.12 Å². The van der Waals surface area contributed by atoms with Crippen LogP contribution in [-0.4, -0.2) is 19.5 Å². The molecule has 0 atom stereocenters. The summed E-state index contributed by atoms with van der Waals surface area (Å²) in [7, 11) is 1.96. The van der Waals surface area contributed by atoms with Gasteiger partial charge in [0.15, 0.2) is 0 Å². The van der Waals surface area contributed by atoms with Crippen molar-refractivity contribution in [1.82, 2.24) is 0 Å². The summed E-state index contributed by atoms with van der Waals surface area (Å²) in [4.78, 5) is 0. The zero-order valence-corrected chi connectivity index (χ0v) is 12.6. The highest BCUT2D eigenvalue weighted by Gasteiger charge is 2.19. The molecule has 1 aliphatic carbocycles. The van der Waals surface area contributed by atoms with Gasteiger partial charge in [-0.15, -0.1) is 13.2 Å². The lowest BCUT2D eigenvalue weighted by molar-refractivity contribution is 0.659. The highest BCUT2D eigenvalue weighted by Crippen LogP contribution is 2.46. The first-order chi connectivity index (χ1) is 9.31. The molecule has 0 N–H and O–H groups in total. The van der Waals surface area contributed by atoms with E-state index in [1.54, 1.807) is 11.4 Å². The van der Waals surface area contributed by atoms with Crippen molar-refractivity contribution in [3.05, 3.63) is 73.1 Å². The minimum absolute atomic E-state index is 0.921. The Bertz CT molecular complexity index is 485. The second-order valence-corrected chi connectivity index (χ2v) is 6.44. The molecule has 19 heavy (non-hydrogen) atoms. The molecular weight excluding hydrogens is 264 g/mol. The molecule has 0 amide bonds. The van der Waals surface area contributed by atoms with Crippen molar-refractivity contribution in [1.29, 1.82) is 0 Å². The molecule has 3 heteroatoms. The highest BCUT2D eigenvalue weighted by molar-refractivity contribution is 6.65. The van der Waals surface area contributed by atoms with Crippen molar-refractivity contribution in [2.75, 3.05) is 0 Å². The highest BCUT2D eigenvalue weighted by atomic mass is 28.3. The Labute approximate surface area is 119 Å². The lowest BCUT2D eigenvalue weighted by atomic mass is 9.81. The van der Waals surface area contributed by atoms with E-state index in [-0.39, 0.29) is 0 Å². The van der Waals surface area contributed by atoms with Crippen LogP contribution in [0.3, 0.4) is 0 Å². The molecule has 1 aliphatic rings. The van der Waals surface area contributed by atoms with E-state index in [0.717, 1.165) is 0 Å². The standard InChI is InChI=1S/C12H8.C4H6OSi2/c1-2-6-10-9(5-1)11-7-3-4-8-12(10)11;1-3-7(4-2)5-6/h1-8H;3-4H,1-2H2. The summed E-state index contributed by atoms with van der Waals surface area (Å²) < 4.78 is 4.72. The monoisotopic (exact) mass is 278 g/mol. The molecule has 0 heterocycles. The third kappa shape index (κ3) is 2.84. The maximum Gasteiger partial charge on any atom is 0.254 e. The number of benzene rings is 2. The molecule has 0 bridgehead atoms. The molecule has 0 aromatic heterocycles. The quantitative estimate of drug-likeness (QED) is 0.661. The van der Waals surface area contributed by atoms with Crippen molar-refractivity contribution in [3.8, 4) is 22.3 Å². The fourth-order valence-electron chi connectivity index (χ4n) is 2.01. The van der Waals surface area contributed by atoms with Crippen LogP contribution in [0.25, 0.3) is 22.3 Å². The van der Waals surface area contributed by atoms with Crippen LogP contribution >= 0.6 is 0 Å². The minimum atomic E-state index is -0.921. The van der Waals surface area contributed by atoms with Crippen LogP contribution in [0.5, 0.6) is 0 Å². The predicted octanol–water partition coefficient (Wildman–Crippen LogP) is 3.86. The summed E-state index contributed by atoms with van der Waals surface area (Å²) in [5.41, 5.74) is 9.07. The number of fused-ring (bicyclic) bond motifs is 4. The minimum Gasteiger partial charge on any atom is -0.451 e. The zero-order valence-electron chi connectivity index (χ0n) is 10.6. The second kappa shape index (κ2) is 6.47. The van der Waals surface area contributed by atoms with Crippen LogP contribution in [0, 0.1) is 0 Å². The van der Waals surface area contributed by atoms with Gasteiger partial charge in [0.1, 0.15) is 0 Å². The Hall–Kier alpha value is -1.69. The van der Waals surface area contributed by atoms with E-state index in [1.807, 2.05) is 0 Å². The van der Waals surface area contributed by atoms with Gasteiger partial charge in [0.05, 0.1) is 0 Å². The van der Waals surface area contributed by atoms with Gasteiger partial charge in [0, 0.05) is 0 Å². The molecule has 2 aromatic carbocycles. The molecule has 2 aromatic rings. The molecule has 0 unspecified atom stereocenters. The molecule has 1 nitrogen and oxygen atoms in total. The fourth-order valence-corrected chi connectivity index (χ4v) is 2.84. The average Bonchev–Trinajstić information content (AvgIpc) is 2.47. The maximum absolute atomic E-state index is 4.72. The van der Waals surface area contributed by atoms with Crippen molar-refractivity contribution in [3.63, 3.8) is 0 Å². The summed E-state index contributed by atoms with van der Waals surface area (Å²) in [6.07, 6.45) is 0. The Kier molecular flexibility index (Phi) is 4.68. The average molecular weight is 278 g/mol. The molecule has 0 saturated carbocycles. The van der Waals surface area contributed by atoms with Crippen molar-refractivity contribution in [2.45, 2.75) is 0 Å². The van der Waals surface area contributed by atoms with Gasteiger partial charge in [0.25, 0.3) is 9.04 Å². The fraction of sp³-hybridized carbons (Fsp3) is 0. The van der Waals surface area contributed by atoms with Crippen LogP contribution in [0.4, 0.5) is 0 Å². The predicted molar refractivity (Wildman–Crippen MR) is 83.9 cm³/mol. The number of rotatable bonds is 3. The Morgan fingerprint density at radius 2 is 1.11 bits per heavy atom. The van der Waals surface area contributed by atoms with E-state index in [1.165, 1.54) is 22.3 Å². The lowest BCUT2D eigenvalue weighted by Crippen LogP contribution is -2.08. The number of hydrogen-bond acceptors (Lipinski definition) is 1. The summed E-state index contributed by atoms with van der Waals surface area (Å²) in [5.74, 6) is 0. The summed E-state index contributed by atoms with van der Waals surface area (Å²) in [5, 5.41) is 0. The van der Waals surface area contributed by atoms with Crippen LogP contribution < -0.4 is 0 Å². The van der Waals surface area contributed by atoms with Gasteiger partial charge in [-0.05, 0) is 22.3 Å². The van der Waals surface area contributed by atoms with Crippen LogP contribution in [0.15, 0.2) is 73.1 Å². The van der Waals surface area contributed by atoms with Crippen LogP contribution in [0.2, 0.25) is 0 Å². The first-order valence-electron chi connectivity index (χ1n) is 5.96. The van der Waals surface area contributed by atoms with E-state index in [9.17, 15) is 0 Å². The first kappa shape index (κ1) is 13.7. The van der Waals surface area contributed by atoms with E-state index < -0.39 is 9.04 Å². The van der Waals surface area contributed by atoms with E-state index in [2.05, 4.69) is 72.2 Å². The Balaban J connectivity index is 0.000000167. The lowest BCUT2D eigenvalue weighted by Gasteiger charge is -2.22. The van der Waals surface area contributed by atoms with Gasteiger partial charge in [-0.2, -0.15) is 0 Å². The Morgan fingerprint density at radius 1 is 0.789 bits per heavy atom. The molecule has 0 spiro atoms. The Morgan fingerprint density at radius 3 is 1.26 bits per heavy atom. The summed E-state index contributed by atoms with van der Waals surface area (Å²) >= 11 is 0. The van der Waals surface area contributed by atoms with Gasteiger partial charge in [-0.3, -0.25) is 0 Å². The third-order valence-corrected chi connectivity index (χ3v) is 4.70. The molecule has 0 aliphatic heterocycles. The second-order valence-electron chi connectivity index (χ2n) is 4.00. The SMILES string of the molecule is C=C[Si](C=C)O[Si].c1ccc2c(c1)-c1ccccc1-2. The van der Waals surface area contributed by atoms with Crippen LogP contribution in [0.1, 0.15) is 0 Å². The molecule has 3 rings (SSSR count). The van der Waals surface area contributed by atoms with Crippen molar-refractivity contribution < 1.29 is 4.12 Å². The largest absolute Gasteiger partial charge is 0.451 e. The number of hydrogen-bond donors (Lipinski definition) is 0. The van der Waals surface area contributed by atoms with Crippen molar-refractivity contribution in [2.24, 2.45) is 0 Å². The third-order valence-electron chi connectivity index (χ3n) is 2.95. The van der Waals surface area contributed by atoms with Gasteiger partial charge in [-0.1, -0.05) is 59.9 Å². The van der Waals surface area contributed by atoms with Gasteiger partial charge in [-0.25, -0.2) is 0 Å². The smallest absolute Gasteiger partial charge is 0.254 e. The molecule has 0 saturated heterocycles. The normalized spacial score (nSPS) is 10.4. The van der Waals surface area contributed by atoms with Crippen LogP contribution in [-0.2, 0) is 4.12 Å². The molecule has 0 fully saturated rings. The maximum atomic E-state index is 4.72. The van der Waals surface area contributed by atoms with E-state index in [4.69, 9.17) is 4.12 Å². The topological polar surface area (TPSA) is 9.23 Å². The zero-order chi connectivity index (χ0) is 13.7. The van der Waals surface area contributed by atoms with E-state index in [0.29, 0.717) is 0 Å². The van der Waals surface area contributed by atoms with Gasteiger partial charge in [0.2, 0.25) is 10.5 Å². The summed E-state index contributed by atoms with van der Waals surface area (Å²) in [6, 6.07) is 17.1. The molecule has 4 radical (unpaired) electrons. The van der Waals surface area contributed by atoms with E-state index >= 15 is 0 Å². The van der Waals surface area contributed by atoms with Gasteiger partial charge >= 0.3 is 0 Å². The molecular formula is C16H14OSi2. The summed E-state index contributed by atoms with van der Waals surface area (Å²) in [6.45, 7) is 7.04.